The molecule has 0 saturated heterocycles. The van der Waals surface area contributed by atoms with Crippen molar-refractivity contribution < 1.29 is 4.79 Å². The molecule has 1 aliphatic rings. The molecule has 5 nitrogen and oxygen atoms in total. The quantitative estimate of drug-likeness (QED) is 0.500. The molecule has 0 atom stereocenters. The predicted molar refractivity (Wildman–Crippen MR) is 124 cm³/mol. The average molecular weight is 423 g/mol. The summed E-state index contributed by atoms with van der Waals surface area (Å²) in [5.41, 5.74) is 2.08. The summed E-state index contributed by atoms with van der Waals surface area (Å²) in [7, 11) is 0. The van der Waals surface area contributed by atoms with Gasteiger partial charge in [-0.25, -0.2) is 15.0 Å². The third-order valence-electron chi connectivity index (χ3n) is 5.16. The largest absolute Gasteiger partial charge is 0.325 e. The summed E-state index contributed by atoms with van der Waals surface area (Å²) >= 11 is 1.71. The molecule has 1 saturated carbocycles. The van der Waals surface area contributed by atoms with E-state index in [1.165, 1.54) is 0 Å². The molecule has 3 aromatic rings. The van der Waals surface area contributed by atoms with Crippen LogP contribution in [0.2, 0.25) is 0 Å². The lowest BCUT2D eigenvalue weighted by Gasteiger charge is -2.19. The maximum Gasteiger partial charge on any atom is 0.132 e. The number of thiazole rings is 1. The van der Waals surface area contributed by atoms with E-state index < -0.39 is 0 Å². The van der Waals surface area contributed by atoms with Crippen LogP contribution in [0.1, 0.15) is 56.5 Å². The van der Waals surface area contributed by atoms with Gasteiger partial charge in [-0.2, -0.15) is 0 Å². The van der Waals surface area contributed by atoms with Gasteiger partial charge in [-0.15, -0.1) is 11.3 Å². The molecule has 4 rings (SSSR count). The number of nitrogens with zero attached hydrogens (tertiary/aromatic N) is 3. The van der Waals surface area contributed by atoms with Crippen LogP contribution in [0.5, 0.6) is 0 Å². The van der Waals surface area contributed by atoms with Crippen LogP contribution in [0.4, 0.5) is 11.6 Å². The van der Waals surface area contributed by atoms with E-state index in [4.69, 9.17) is 4.98 Å². The molecule has 0 amide bonds. The minimum atomic E-state index is 0.424. The Labute approximate surface area is 183 Å². The highest BCUT2D eigenvalue weighted by atomic mass is 32.1. The van der Waals surface area contributed by atoms with Crippen molar-refractivity contribution in [3.63, 3.8) is 0 Å². The Morgan fingerprint density at radius 1 is 1.10 bits per heavy atom. The SMILES string of the molecule is CC.Cc1ccnc(Nc2cccc(-c3cnc(CCC4CCC(=O)CC4)s3)n2)c1. The Bertz CT molecular complexity index is 959. The highest BCUT2D eigenvalue weighted by Gasteiger charge is 2.19. The van der Waals surface area contributed by atoms with Gasteiger partial charge in [0.25, 0.3) is 0 Å². The molecule has 0 spiro atoms. The molecule has 158 valence electrons. The van der Waals surface area contributed by atoms with Crippen molar-refractivity contribution in [2.75, 3.05) is 5.32 Å². The standard InChI is InChI=1S/C22H24N4OS.C2H6/c1-15-11-12-23-21(13-15)26-20-4-2-3-18(25-20)19-14-24-22(28-19)10-7-16-5-8-17(27)9-6-16;1-2/h2-4,11-14,16H,5-10H2,1H3,(H,23,25,26);1-2H3. The summed E-state index contributed by atoms with van der Waals surface area (Å²) in [4.78, 5) is 26.1. The molecule has 0 radical (unpaired) electrons. The molecule has 0 aliphatic heterocycles. The molecule has 0 aromatic carbocycles. The van der Waals surface area contributed by atoms with E-state index in [0.29, 0.717) is 11.7 Å². The van der Waals surface area contributed by atoms with Crippen molar-refractivity contribution >= 4 is 28.8 Å². The number of aromatic nitrogens is 3. The Morgan fingerprint density at radius 3 is 2.67 bits per heavy atom. The van der Waals surface area contributed by atoms with E-state index in [-0.39, 0.29) is 0 Å². The van der Waals surface area contributed by atoms with Crippen molar-refractivity contribution in [2.24, 2.45) is 5.92 Å². The topological polar surface area (TPSA) is 67.8 Å². The summed E-state index contributed by atoms with van der Waals surface area (Å²) in [5.74, 6) is 2.66. The van der Waals surface area contributed by atoms with Gasteiger partial charge in [0, 0.05) is 25.2 Å². The van der Waals surface area contributed by atoms with Crippen molar-refractivity contribution in [3.05, 3.63) is 53.3 Å². The van der Waals surface area contributed by atoms with Crippen LogP contribution in [-0.4, -0.2) is 20.7 Å². The summed E-state index contributed by atoms with van der Waals surface area (Å²) < 4.78 is 0. The number of carbonyl (C=O) groups excluding carboxylic acids is 1. The third-order valence-corrected chi connectivity index (χ3v) is 6.24. The van der Waals surface area contributed by atoms with Crippen molar-refractivity contribution in [1.82, 2.24) is 15.0 Å². The Balaban J connectivity index is 0.00000124. The van der Waals surface area contributed by atoms with E-state index in [1.54, 1.807) is 17.5 Å². The highest BCUT2D eigenvalue weighted by Crippen LogP contribution is 2.30. The molecule has 1 fully saturated rings. The molecular weight excluding hydrogens is 392 g/mol. The van der Waals surface area contributed by atoms with Crippen LogP contribution in [0.15, 0.2) is 42.7 Å². The molecule has 1 aliphatic carbocycles. The first-order valence-corrected chi connectivity index (χ1v) is 11.6. The number of anilines is 2. The smallest absolute Gasteiger partial charge is 0.132 e. The van der Waals surface area contributed by atoms with E-state index in [0.717, 1.165) is 71.3 Å². The minimum absolute atomic E-state index is 0.424. The molecule has 3 aromatic heterocycles. The fourth-order valence-corrected chi connectivity index (χ4v) is 4.44. The van der Waals surface area contributed by atoms with Crippen molar-refractivity contribution in [2.45, 2.75) is 59.3 Å². The van der Waals surface area contributed by atoms with Crippen LogP contribution in [0, 0.1) is 12.8 Å². The zero-order valence-electron chi connectivity index (χ0n) is 18.0. The van der Waals surface area contributed by atoms with Gasteiger partial charge < -0.3 is 5.32 Å². The molecule has 30 heavy (non-hydrogen) atoms. The number of carbonyl (C=O) groups is 1. The number of rotatable bonds is 6. The second kappa shape index (κ2) is 11.0. The number of ketones is 1. The average Bonchev–Trinajstić information content (AvgIpc) is 3.24. The first-order valence-electron chi connectivity index (χ1n) is 10.8. The Morgan fingerprint density at radius 2 is 1.90 bits per heavy atom. The zero-order chi connectivity index (χ0) is 21.3. The van der Waals surface area contributed by atoms with Crippen LogP contribution >= 0.6 is 11.3 Å². The number of aryl methyl sites for hydroxylation is 2. The maximum absolute atomic E-state index is 11.4. The zero-order valence-corrected chi connectivity index (χ0v) is 18.8. The van der Waals surface area contributed by atoms with E-state index in [9.17, 15) is 4.79 Å². The number of Topliss-reactive ketones (excluding diaryl/α,β-unsaturated/α-hetero) is 1. The van der Waals surface area contributed by atoms with Gasteiger partial charge in [-0.05, 0) is 68.4 Å². The molecule has 3 heterocycles. The van der Waals surface area contributed by atoms with Gasteiger partial charge in [0.1, 0.15) is 17.4 Å². The Hall–Kier alpha value is -2.60. The highest BCUT2D eigenvalue weighted by molar-refractivity contribution is 7.15. The number of hydrogen-bond donors (Lipinski definition) is 1. The number of pyridine rings is 2. The van der Waals surface area contributed by atoms with Gasteiger partial charge in [-0.3, -0.25) is 4.79 Å². The summed E-state index contributed by atoms with van der Waals surface area (Å²) in [6.45, 7) is 6.04. The van der Waals surface area contributed by atoms with Gasteiger partial charge in [-0.1, -0.05) is 19.9 Å². The van der Waals surface area contributed by atoms with Crippen LogP contribution < -0.4 is 5.32 Å². The predicted octanol–water partition coefficient (Wildman–Crippen LogP) is 6.37. The van der Waals surface area contributed by atoms with E-state index in [2.05, 4.69) is 15.3 Å². The Kier molecular flexibility index (Phi) is 8.08. The summed E-state index contributed by atoms with van der Waals surface area (Å²) in [5, 5.41) is 4.41. The fraction of sp³-hybridized carbons (Fsp3) is 0.417. The van der Waals surface area contributed by atoms with Crippen LogP contribution in [-0.2, 0) is 11.2 Å². The minimum Gasteiger partial charge on any atom is -0.325 e. The molecule has 0 bridgehead atoms. The monoisotopic (exact) mass is 422 g/mol. The van der Waals surface area contributed by atoms with E-state index in [1.807, 2.05) is 57.3 Å². The number of hydrogen-bond acceptors (Lipinski definition) is 6. The number of nitrogens with one attached hydrogen (secondary N) is 1. The normalized spacial score (nSPS) is 14.2. The molecule has 0 unspecified atom stereocenters. The molecule has 6 heteroatoms. The lowest BCUT2D eigenvalue weighted by atomic mass is 9.85. The lowest BCUT2D eigenvalue weighted by Crippen LogP contribution is -2.14. The van der Waals surface area contributed by atoms with E-state index >= 15 is 0 Å². The van der Waals surface area contributed by atoms with Gasteiger partial charge in [0.15, 0.2) is 0 Å². The van der Waals surface area contributed by atoms with Gasteiger partial charge in [0.05, 0.1) is 15.6 Å². The second-order valence-electron chi connectivity index (χ2n) is 7.39. The van der Waals surface area contributed by atoms with Crippen LogP contribution in [0.3, 0.4) is 0 Å². The lowest BCUT2D eigenvalue weighted by molar-refractivity contribution is -0.121. The second-order valence-corrected chi connectivity index (χ2v) is 8.51. The van der Waals surface area contributed by atoms with Gasteiger partial charge in [0.2, 0.25) is 0 Å². The molecule has 1 N–H and O–H groups in total. The summed E-state index contributed by atoms with van der Waals surface area (Å²) in [6, 6.07) is 9.93. The van der Waals surface area contributed by atoms with Crippen molar-refractivity contribution in [1.29, 1.82) is 0 Å². The molecular formula is C24H30N4OS. The summed E-state index contributed by atoms with van der Waals surface area (Å²) in [6.07, 6.45) is 9.41. The van der Waals surface area contributed by atoms with Gasteiger partial charge >= 0.3 is 0 Å². The third kappa shape index (κ3) is 6.20. The van der Waals surface area contributed by atoms with Crippen LogP contribution in [0.25, 0.3) is 10.6 Å². The first kappa shape index (κ1) is 22.1. The first-order chi connectivity index (χ1) is 14.7. The van der Waals surface area contributed by atoms with Crippen molar-refractivity contribution in [3.8, 4) is 10.6 Å². The maximum atomic E-state index is 11.4. The fourth-order valence-electron chi connectivity index (χ4n) is 3.54.